The predicted octanol–water partition coefficient (Wildman–Crippen LogP) is 13.4. The number of rotatable bonds is 45. The molecule has 0 bridgehead atoms. The van der Waals surface area contributed by atoms with Gasteiger partial charge in [-0.2, -0.15) is 16.8 Å². The average molecular weight is 1140 g/mol. The van der Waals surface area contributed by atoms with Crippen molar-refractivity contribution in [1.29, 1.82) is 0 Å². The number of hydrogen-bond acceptors (Lipinski definition) is 13. The molecule has 0 saturated carbocycles. The number of carbonyl (C=O) groups excluding carboxylic acids is 2. The zero-order chi connectivity index (χ0) is 56.8. The molecule has 0 aliphatic carbocycles. The molecule has 1 aliphatic heterocycles. The Balaban J connectivity index is 1.62. The van der Waals surface area contributed by atoms with E-state index in [1.807, 2.05) is 12.1 Å². The molecule has 0 spiro atoms. The predicted molar refractivity (Wildman–Crippen MR) is 307 cm³/mol. The lowest BCUT2D eigenvalue weighted by Gasteiger charge is -2.45. The Morgan fingerprint density at radius 2 is 1.03 bits per heavy atom. The van der Waals surface area contributed by atoms with Gasteiger partial charge in [-0.25, -0.2) is 13.2 Å². The van der Waals surface area contributed by atoms with Gasteiger partial charge in [-0.1, -0.05) is 240 Å². The molecule has 1 amide bonds. The van der Waals surface area contributed by atoms with Crippen molar-refractivity contribution < 1.29 is 67.6 Å². The maximum absolute atomic E-state index is 14.1. The van der Waals surface area contributed by atoms with E-state index in [1.54, 1.807) is 91.0 Å². The molecule has 18 heteroatoms. The number of benzene rings is 3. The zero-order valence-electron chi connectivity index (χ0n) is 47.1. The van der Waals surface area contributed by atoms with Gasteiger partial charge in [0.05, 0.1) is 38.0 Å². The Morgan fingerprint density at radius 1 is 0.570 bits per heavy atom. The van der Waals surface area contributed by atoms with E-state index in [4.69, 9.17) is 32.1 Å². The van der Waals surface area contributed by atoms with Gasteiger partial charge in [-0.15, -0.1) is 0 Å². The number of nitrogens with one attached hydrogen (secondary N) is 1. The first-order valence-electron chi connectivity index (χ1n) is 29.3. The van der Waals surface area contributed by atoms with Gasteiger partial charge in [0.1, 0.15) is 30.5 Å². The Morgan fingerprint density at radius 3 is 1.51 bits per heavy atom. The molecule has 16 nitrogen and oxygen atoms in total. The van der Waals surface area contributed by atoms with E-state index in [-0.39, 0.29) is 25.5 Å². The number of hydrogen-bond donors (Lipinski definition) is 3. The second-order valence-electron chi connectivity index (χ2n) is 20.8. The number of unbranched alkanes of at least 4 members (excludes halogenated alkanes) is 23. The third kappa shape index (κ3) is 30.5. The molecule has 1 saturated heterocycles. The van der Waals surface area contributed by atoms with Crippen LogP contribution in [-0.4, -0.2) is 93.9 Å². The fraction of sp³-hybridized carbons (Fsp3) is 0.639. The standard InChI is InChI=1S/C61H93NO15S2/c1-3-5-7-9-11-13-15-17-19-21-23-25-36-44-54(75-60(64)52-42-34-29-35-43-52)53(62-56(63)45-37-26-24-22-20-18-16-14-12-10-8-6-4-2)48-73-61-59(72-47-51-40-32-28-33-41-51)58(71-46-50-38-30-27-31-39-50)57(77-79(68,69)70)55(76-61)49-74-78(65,66)67/h27-36,38-44,53-55,57-59,61H,3-26,37,45-49H2,1-2H3,(H,62,63)(H,65,66,67)(H,68,69,70)/b44-36+/t53-,54+,55+,57-,58-,59+,61+/m0/s1. The molecule has 4 rings (SSSR count). The Kier molecular flexibility index (Phi) is 34.3. The lowest BCUT2D eigenvalue weighted by atomic mass is 9.98. The first-order valence-corrected chi connectivity index (χ1v) is 32.1. The minimum Gasteiger partial charge on any atom is -0.452 e. The lowest BCUT2D eigenvalue weighted by Crippen LogP contribution is -2.62. The molecular formula is C61H93NO15S2. The van der Waals surface area contributed by atoms with E-state index in [0.29, 0.717) is 29.5 Å². The first-order chi connectivity index (χ1) is 38.3. The van der Waals surface area contributed by atoms with Crippen LogP contribution in [0, 0.1) is 0 Å². The van der Waals surface area contributed by atoms with E-state index in [0.717, 1.165) is 44.9 Å². The van der Waals surface area contributed by atoms with E-state index < -0.39 is 82.8 Å². The van der Waals surface area contributed by atoms with Crippen molar-refractivity contribution in [1.82, 2.24) is 5.32 Å². The second-order valence-corrected chi connectivity index (χ2v) is 22.9. The van der Waals surface area contributed by atoms with E-state index >= 15 is 0 Å². The highest BCUT2D eigenvalue weighted by molar-refractivity contribution is 7.81. The minimum atomic E-state index is -5.29. The topological polar surface area (TPSA) is 220 Å². The van der Waals surface area contributed by atoms with Crippen molar-refractivity contribution in [3.8, 4) is 0 Å². The van der Waals surface area contributed by atoms with Crippen molar-refractivity contribution in [3.05, 3.63) is 120 Å². The summed E-state index contributed by atoms with van der Waals surface area (Å²) in [6, 6.07) is 25.3. The highest BCUT2D eigenvalue weighted by Crippen LogP contribution is 2.32. The summed E-state index contributed by atoms with van der Waals surface area (Å²) in [7, 11) is -10.4. The molecular weight excluding hydrogens is 1050 g/mol. The van der Waals surface area contributed by atoms with Gasteiger partial charge in [0.15, 0.2) is 6.29 Å². The maximum atomic E-state index is 14.1. The summed E-state index contributed by atoms with van der Waals surface area (Å²) in [4.78, 5) is 28.0. The zero-order valence-corrected chi connectivity index (χ0v) is 48.7. The van der Waals surface area contributed by atoms with E-state index in [9.17, 15) is 35.5 Å². The third-order valence-corrected chi connectivity index (χ3v) is 14.9. The van der Waals surface area contributed by atoms with Crippen molar-refractivity contribution in [2.75, 3.05) is 13.2 Å². The van der Waals surface area contributed by atoms with E-state index in [2.05, 4.69) is 19.2 Å². The van der Waals surface area contributed by atoms with Crippen molar-refractivity contribution in [3.63, 3.8) is 0 Å². The van der Waals surface area contributed by atoms with Crippen molar-refractivity contribution in [2.45, 2.75) is 237 Å². The SMILES string of the molecule is CCCCCCCCCCCCC/C=C/[C@@H](OC(=O)c1ccccc1)[C@H](CO[C@@H]1O[C@H](COS(=O)(=O)O)[C@H](OS(=O)(=O)O)[C@H](OCc2ccccc2)[C@H]1OCc1ccccc1)NC(=O)CCCCCCCCCCCCCCC. The van der Waals surface area contributed by atoms with Gasteiger partial charge in [0.2, 0.25) is 5.91 Å². The van der Waals surface area contributed by atoms with Gasteiger partial charge >= 0.3 is 26.8 Å². The molecule has 3 N–H and O–H groups in total. The van der Waals surface area contributed by atoms with Crippen LogP contribution in [0.15, 0.2) is 103 Å². The summed E-state index contributed by atoms with van der Waals surface area (Å²) >= 11 is 0. The number of allylic oxidation sites excluding steroid dienone is 1. The lowest BCUT2D eigenvalue weighted by molar-refractivity contribution is -0.316. The molecule has 7 atom stereocenters. The molecule has 79 heavy (non-hydrogen) atoms. The summed E-state index contributed by atoms with van der Waals surface area (Å²) in [5, 5.41) is 3.09. The number of carbonyl (C=O) groups is 2. The van der Waals surface area contributed by atoms with Crippen LogP contribution in [0.25, 0.3) is 0 Å². The normalized spacial score (nSPS) is 18.6. The summed E-state index contributed by atoms with van der Waals surface area (Å²) in [5.41, 5.74) is 1.64. The fourth-order valence-corrected chi connectivity index (χ4v) is 10.5. The number of amides is 1. The van der Waals surface area contributed by atoms with Gasteiger partial charge < -0.3 is 29.0 Å². The van der Waals surface area contributed by atoms with Crippen LogP contribution in [0.5, 0.6) is 0 Å². The molecule has 1 aliphatic rings. The molecule has 3 aromatic carbocycles. The van der Waals surface area contributed by atoms with Gasteiger partial charge in [-0.3, -0.25) is 13.9 Å². The van der Waals surface area contributed by atoms with Crippen molar-refractivity contribution >= 4 is 32.7 Å². The summed E-state index contributed by atoms with van der Waals surface area (Å²) in [6.07, 6.45) is 23.5. The molecule has 0 radical (unpaired) electrons. The number of ether oxygens (including phenoxy) is 5. The Hall–Kier alpha value is -4.08. The molecule has 3 aromatic rings. The van der Waals surface area contributed by atoms with Crippen LogP contribution in [0.3, 0.4) is 0 Å². The highest BCUT2D eigenvalue weighted by Gasteiger charge is 2.51. The average Bonchev–Trinajstić information content (AvgIpc) is 3.52. The van der Waals surface area contributed by atoms with Crippen LogP contribution >= 0.6 is 0 Å². The summed E-state index contributed by atoms with van der Waals surface area (Å²) in [6.45, 7) is 2.80. The monoisotopic (exact) mass is 1140 g/mol. The van der Waals surface area contributed by atoms with Crippen molar-refractivity contribution in [2.24, 2.45) is 0 Å². The summed E-state index contributed by atoms with van der Waals surface area (Å²) < 4.78 is 111. The van der Waals surface area contributed by atoms with Crippen LogP contribution in [0.1, 0.15) is 202 Å². The highest BCUT2D eigenvalue weighted by atomic mass is 32.3. The Bertz CT molecular complexity index is 2310. The number of esters is 1. The van der Waals surface area contributed by atoms with Gasteiger partial charge in [0.25, 0.3) is 0 Å². The van der Waals surface area contributed by atoms with Crippen LogP contribution in [-0.2, 0) is 70.9 Å². The Labute approximate surface area is 473 Å². The minimum absolute atomic E-state index is 0.0942. The van der Waals surface area contributed by atoms with Crippen LogP contribution in [0.4, 0.5) is 0 Å². The largest absolute Gasteiger partial charge is 0.452 e. The second kappa shape index (κ2) is 40.2. The molecule has 1 fully saturated rings. The summed E-state index contributed by atoms with van der Waals surface area (Å²) in [5.74, 6) is -0.941. The molecule has 444 valence electrons. The van der Waals surface area contributed by atoms with Gasteiger partial charge in [-0.05, 0) is 48.6 Å². The smallest absolute Gasteiger partial charge is 0.397 e. The molecule has 1 heterocycles. The van der Waals surface area contributed by atoms with Gasteiger partial charge in [0, 0.05) is 6.42 Å². The third-order valence-electron chi connectivity index (χ3n) is 14.0. The quantitative estimate of drug-likeness (QED) is 0.0207. The first kappa shape index (κ1) is 67.4. The molecule has 0 unspecified atom stereocenters. The van der Waals surface area contributed by atoms with Crippen LogP contribution in [0.2, 0.25) is 0 Å². The fourth-order valence-electron chi connectivity index (χ4n) is 9.63. The van der Waals surface area contributed by atoms with Crippen LogP contribution < -0.4 is 5.32 Å². The molecule has 0 aromatic heterocycles. The maximum Gasteiger partial charge on any atom is 0.397 e. The van der Waals surface area contributed by atoms with E-state index in [1.165, 1.54) is 103 Å².